The minimum atomic E-state index is -3.61. The van der Waals surface area contributed by atoms with Crippen LogP contribution in [0.3, 0.4) is 0 Å². The third-order valence-corrected chi connectivity index (χ3v) is 6.05. The number of hydrogen-bond donors (Lipinski definition) is 2. The van der Waals surface area contributed by atoms with Crippen molar-refractivity contribution in [3.8, 4) is 0 Å². The molecule has 2 rings (SSSR count). The van der Waals surface area contributed by atoms with Gasteiger partial charge in [0.05, 0.1) is 5.69 Å². The minimum Gasteiger partial charge on any atom is -0.398 e. The smallest absolute Gasteiger partial charge is 0.243 e. The van der Waals surface area contributed by atoms with Crippen molar-refractivity contribution in [2.24, 2.45) is 5.92 Å². The molecule has 0 radical (unpaired) electrons. The van der Waals surface area contributed by atoms with E-state index < -0.39 is 10.0 Å². The molecule has 1 atom stereocenters. The van der Waals surface area contributed by atoms with E-state index in [-0.39, 0.29) is 10.9 Å². The van der Waals surface area contributed by atoms with E-state index in [0.29, 0.717) is 30.4 Å². The van der Waals surface area contributed by atoms with Gasteiger partial charge in [-0.25, -0.2) is 13.1 Å². The fourth-order valence-corrected chi connectivity index (χ4v) is 4.53. The van der Waals surface area contributed by atoms with Crippen LogP contribution in [0.25, 0.3) is 0 Å². The Morgan fingerprint density at radius 3 is 2.52 bits per heavy atom. The van der Waals surface area contributed by atoms with E-state index in [1.54, 1.807) is 13.0 Å². The number of benzene rings is 1. The largest absolute Gasteiger partial charge is 0.398 e. The van der Waals surface area contributed by atoms with Crippen LogP contribution in [0.5, 0.6) is 0 Å². The summed E-state index contributed by atoms with van der Waals surface area (Å²) in [5.74, 6) is 0.305. The molecule has 3 N–H and O–H groups in total. The molecule has 0 aromatic heterocycles. The van der Waals surface area contributed by atoms with Crippen molar-refractivity contribution in [1.82, 2.24) is 4.72 Å². The second kappa shape index (κ2) is 6.34. The lowest BCUT2D eigenvalue weighted by Crippen LogP contribution is -2.40. The Hall–Kier alpha value is -1.11. The fraction of sp³-hybridized carbons (Fsp3) is 0.600. The maximum absolute atomic E-state index is 12.7. The summed E-state index contributed by atoms with van der Waals surface area (Å²) in [7, 11) is -3.61. The first-order chi connectivity index (χ1) is 9.83. The first-order valence-corrected chi connectivity index (χ1v) is 8.77. The molecule has 1 aromatic rings. The van der Waals surface area contributed by atoms with E-state index in [4.69, 9.17) is 10.5 Å². The molecular formula is C15H24N2O3S. The number of hydrogen-bond acceptors (Lipinski definition) is 4. The number of anilines is 1. The summed E-state index contributed by atoms with van der Waals surface area (Å²) in [6, 6.07) is 3.36. The summed E-state index contributed by atoms with van der Waals surface area (Å²) in [6.07, 6.45) is 1.76. The van der Waals surface area contributed by atoms with E-state index in [1.165, 1.54) is 0 Å². The molecule has 1 heterocycles. The van der Waals surface area contributed by atoms with Gasteiger partial charge >= 0.3 is 0 Å². The molecule has 1 aliphatic rings. The summed E-state index contributed by atoms with van der Waals surface area (Å²) in [4.78, 5) is 0.210. The van der Waals surface area contributed by atoms with E-state index in [1.807, 2.05) is 19.9 Å². The molecule has 5 nitrogen and oxygen atoms in total. The molecule has 6 heteroatoms. The number of ether oxygens (including phenoxy) is 1. The Kier molecular flexibility index (Phi) is 4.91. The molecule has 0 spiro atoms. The molecule has 21 heavy (non-hydrogen) atoms. The van der Waals surface area contributed by atoms with Crippen LogP contribution >= 0.6 is 0 Å². The normalized spacial score (nSPS) is 18.6. The van der Waals surface area contributed by atoms with Gasteiger partial charge in [0.1, 0.15) is 4.90 Å². The maximum atomic E-state index is 12.7. The van der Waals surface area contributed by atoms with Gasteiger partial charge in [-0.3, -0.25) is 0 Å². The molecule has 1 unspecified atom stereocenters. The van der Waals surface area contributed by atoms with Crippen LogP contribution in [0.1, 0.15) is 30.9 Å². The zero-order valence-corrected chi connectivity index (χ0v) is 13.7. The summed E-state index contributed by atoms with van der Waals surface area (Å²) in [5.41, 5.74) is 7.82. The quantitative estimate of drug-likeness (QED) is 0.833. The number of rotatable bonds is 4. The highest BCUT2D eigenvalue weighted by Crippen LogP contribution is 2.27. The standard InChI is InChI=1S/C15H24N2O3S/c1-10-4-5-14(16)15(11(10)2)21(18,19)17-12(3)13-6-8-20-9-7-13/h4-5,12-13,17H,6-9,16H2,1-3H3. The lowest BCUT2D eigenvalue weighted by atomic mass is 9.94. The van der Waals surface area contributed by atoms with E-state index in [0.717, 1.165) is 18.4 Å². The number of nitrogens with one attached hydrogen (secondary N) is 1. The van der Waals surface area contributed by atoms with E-state index in [2.05, 4.69) is 4.72 Å². The van der Waals surface area contributed by atoms with E-state index in [9.17, 15) is 8.42 Å². The fourth-order valence-electron chi connectivity index (χ4n) is 2.78. The molecule has 1 aliphatic heterocycles. The second-order valence-electron chi connectivity index (χ2n) is 5.79. The lowest BCUT2D eigenvalue weighted by molar-refractivity contribution is 0.0585. The van der Waals surface area contributed by atoms with Crippen LogP contribution in [0.15, 0.2) is 17.0 Å². The predicted octanol–water partition coefficient (Wildman–Crippen LogP) is 1.98. The first kappa shape index (κ1) is 16.3. The Morgan fingerprint density at radius 1 is 1.29 bits per heavy atom. The van der Waals surface area contributed by atoms with Gasteiger partial charge in [0.2, 0.25) is 10.0 Å². The van der Waals surface area contributed by atoms with Gasteiger partial charge in [0.25, 0.3) is 0 Å². The monoisotopic (exact) mass is 312 g/mol. The van der Waals surface area contributed by atoms with Gasteiger partial charge in [-0.2, -0.15) is 0 Å². The van der Waals surface area contributed by atoms with Gasteiger partial charge in [-0.15, -0.1) is 0 Å². The molecule has 0 amide bonds. The van der Waals surface area contributed by atoms with Gasteiger partial charge in [-0.1, -0.05) is 6.07 Å². The third kappa shape index (κ3) is 3.56. The highest BCUT2D eigenvalue weighted by Gasteiger charge is 2.27. The topological polar surface area (TPSA) is 81.4 Å². The molecular weight excluding hydrogens is 288 g/mol. The van der Waals surface area contributed by atoms with Gasteiger partial charge < -0.3 is 10.5 Å². The zero-order chi connectivity index (χ0) is 15.6. The molecule has 0 aliphatic carbocycles. The number of aryl methyl sites for hydroxylation is 1. The molecule has 1 saturated heterocycles. The van der Waals surface area contributed by atoms with E-state index >= 15 is 0 Å². The summed E-state index contributed by atoms with van der Waals surface area (Å²) in [5, 5.41) is 0. The van der Waals surface area contributed by atoms with Gasteiger partial charge in [0.15, 0.2) is 0 Å². The maximum Gasteiger partial charge on any atom is 0.243 e. The van der Waals surface area contributed by atoms with Crippen molar-refractivity contribution in [3.63, 3.8) is 0 Å². The summed E-state index contributed by atoms with van der Waals surface area (Å²) < 4.78 is 33.4. The molecule has 118 valence electrons. The first-order valence-electron chi connectivity index (χ1n) is 7.28. The highest BCUT2D eigenvalue weighted by atomic mass is 32.2. The average molecular weight is 312 g/mol. The van der Waals surface area contributed by atoms with Crippen molar-refractivity contribution < 1.29 is 13.2 Å². The van der Waals surface area contributed by atoms with Crippen LogP contribution in [-0.4, -0.2) is 27.7 Å². The highest BCUT2D eigenvalue weighted by molar-refractivity contribution is 7.89. The van der Waals surface area contributed by atoms with Gasteiger partial charge in [-0.05, 0) is 56.7 Å². The number of nitrogen functional groups attached to an aromatic ring is 1. The molecule has 0 bridgehead atoms. The lowest BCUT2D eigenvalue weighted by Gasteiger charge is -2.28. The molecule has 1 fully saturated rings. The molecule has 0 saturated carbocycles. The second-order valence-corrected chi connectivity index (χ2v) is 7.44. The average Bonchev–Trinajstić information content (AvgIpc) is 2.43. The van der Waals surface area contributed by atoms with Crippen molar-refractivity contribution in [2.45, 2.75) is 44.6 Å². The third-order valence-electron chi connectivity index (χ3n) is 4.29. The number of nitrogens with two attached hydrogens (primary N) is 1. The van der Waals surface area contributed by atoms with Crippen molar-refractivity contribution >= 4 is 15.7 Å². The van der Waals surface area contributed by atoms with Gasteiger partial charge in [0, 0.05) is 19.3 Å². The Morgan fingerprint density at radius 2 is 1.90 bits per heavy atom. The zero-order valence-electron chi connectivity index (χ0n) is 12.8. The van der Waals surface area contributed by atoms with Crippen molar-refractivity contribution in [1.29, 1.82) is 0 Å². The van der Waals surface area contributed by atoms with Crippen molar-refractivity contribution in [2.75, 3.05) is 18.9 Å². The summed E-state index contributed by atoms with van der Waals surface area (Å²) in [6.45, 7) is 6.98. The Bertz CT molecular complexity index is 608. The van der Waals surface area contributed by atoms with Crippen LogP contribution in [0, 0.1) is 19.8 Å². The minimum absolute atomic E-state index is 0.127. The Labute approximate surface area is 126 Å². The SMILES string of the molecule is Cc1ccc(N)c(S(=O)(=O)NC(C)C2CCOCC2)c1C. The van der Waals surface area contributed by atoms with Crippen LogP contribution in [0.2, 0.25) is 0 Å². The number of sulfonamides is 1. The van der Waals surface area contributed by atoms with Crippen LogP contribution in [-0.2, 0) is 14.8 Å². The predicted molar refractivity (Wildman–Crippen MR) is 83.7 cm³/mol. The Balaban J connectivity index is 2.24. The van der Waals surface area contributed by atoms with Crippen LogP contribution < -0.4 is 10.5 Å². The molecule has 1 aromatic carbocycles. The van der Waals surface area contributed by atoms with Crippen molar-refractivity contribution in [3.05, 3.63) is 23.3 Å². The summed E-state index contributed by atoms with van der Waals surface area (Å²) >= 11 is 0. The van der Waals surface area contributed by atoms with Crippen LogP contribution in [0.4, 0.5) is 5.69 Å².